The van der Waals surface area contributed by atoms with Gasteiger partial charge in [-0.1, -0.05) is 29.6 Å². The van der Waals surface area contributed by atoms with Crippen LogP contribution in [0.2, 0.25) is 10.0 Å². The molecule has 0 bridgehead atoms. The van der Waals surface area contributed by atoms with E-state index in [1.165, 1.54) is 11.0 Å². The minimum absolute atomic E-state index is 0.0290. The molecule has 1 saturated heterocycles. The molecule has 0 unspecified atom stereocenters. The molecule has 0 radical (unpaired) electrons. The largest absolute Gasteiger partial charge is 0.481 e. The Morgan fingerprint density at radius 2 is 1.90 bits per heavy atom. The number of benzene rings is 1. The van der Waals surface area contributed by atoms with Gasteiger partial charge >= 0.3 is 5.97 Å². The van der Waals surface area contributed by atoms with Crippen LogP contribution in [0.5, 0.6) is 0 Å². The summed E-state index contributed by atoms with van der Waals surface area (Å²) in [6.07, 6.45) is 3.11. The maximum atomic E-state index is 12.8. The molecule has 1 aliphatic heterocycles. The molecule has 162 valence electrons. The average molecular weight is 481 g/mol. The summed E-state index contributed by atoms with van der Waals surface area (Å²) >= 11 is 17.1. The van der Waals surface area contributed by atoms with Gasteiger partial charge in [0.05, 0.1) is 10.0 Å². The molecule has 0 atom stereocenters. The summed E-state index contributed by atoms with van der Waals surface area (Å²) in [6, 6.07) is 8.37. The first-order valence-corrected chi connectivity index (χ1v) is 10.6. The predicted octanol–water partition coefficient (Wildman–Crippen LogP) is 4.53. The summed E-state index contributed by atoms with van der Waals surface area (Å²) in [5, 5.41) is 12.0. The zero-order valence-electron chi connectivity index (χ0n) is 16.2. The highest BCUT2D eigenvalue weighted by molar-refractivity contribution is 7.80. The van der Waals surface area contributed by atoms with Crippen molar-refractivity contribution in [3.05, 3.63) is 51.7 Å². The number of nitrogens with one attached hydrogen (secondary N) is 1. The number of carbonyl (C=O) groups is 3. The lowest BCUT2D eigenvalue weighted by Gasteiger charge is -2.28. The number of carbonyl (C=O) groups excluding carboxylic acids is 2. The van der Waals surface area contributed by atoms with E-state index in [1.54, 1.807) is 30.3 Å². The van der Waals surface area contributed by atoms with Gasteiger partial charge in [0.2, 0.25) is 0 Å². The van der Waals surface area contributed by atoms with Crippen molar-refractivity contribution in [2.75, 3.05) is 6.54 Å². The van der Waals surface area contributed by atoms with Crippen molar-refractivity contribution >= 4 is 64.4 Å². The summed E-state index contributed by atoms with van der Waals surface area (Å²) < 4.78 is 5.74. The maximum Gasteiger partial charge on any atom is 0.303 e. The van der Waals surface area contributed by atoms with Gasteiger partial charge in [0.1, 0.15) is 17.1 Å². The fourth-order valence-electron chi connectivity index (χ4n) is 3.00. The molecule has 7 nitrogen and oxygen atoms in total. The van der Waals surface area contributed by atoms with Gasteiger partial charge in [-0.05, 0) is 61.5 Å². The molecule has 2 aromatic rings. The number of aliphatic carboxylic acids is 1. The van der Waals surface area contributed by atoms with Crippen molar-refractivity contribution in [1.82, 2.24) is 10.2 Å². The SMILES string of the molecule is O=C(O)CCCCCN1C(=O)C(=Cc2ccc(-c3ccc(Cl)c(Cl)c3)o2)C(=O)NC1=S. The number of amides is 2. The van der Waals surface area contributed by atoms with Crippen molar-refractivity contribution in [2.45, 2.75) is 25.7 Å². The van der Waals surface area contributed by atoms with Crippen LogP contribution in [0.25, 0.3) is 17.4 Å². The van der Waals surface area contributed by atoms with Crippen LogP contribution in [0.4, 0.5) is 0 Å². The first kappa shape index (κ1) is 23.0. The Hall–Kier alpha value is -2.68. The van der Waals surface area contributed by atoms with Gasteiger partial charge < -0.3 is 9.52 Å². The number of nitrogens with zero attached hydrogens (tertiary/aromatic N) is 1. The molecule has 1 fully saturated rings. The second kappa shape index (κ2) is 10.1. The second-order valence-corrected chi connectivity index (χ2v) is 8.01. The monoisotopic (exact) mass is 480 g/mol. The zero-order chi connectivity index (χ0) is 22.5. The van der Waals surface area contributed by atoms with Gasteiger partial charge in [0.15, 0.2) is 5.11 Å². The number of halogens is 2. The van der Waals surface area contributed by atoms with Crippen LogP contribution in [0.15, 0.2) is 40.3 Å². The van der Waals surface area contributed by atoms with Gasteiger partial charge in [-0.15, -0.1) is 0 Å². The van der Waals surface area contributed by atoms with Crippen molar-refractivity contribution in [2.24, 2.45) is 0 Å². The van der Waals surface area contributed by atoms with E-state index in [0.29, 0.717) is 46.4 Å². The molecule has 2 N–H and O–H groups in total. The number of hydrogen-bond donors (Lipinski definition) is 2. The first-order valence-electron chi connectivity index (χ1n) is 9.42. The van der Waals surface area contributed by atoms with Crippen molar-refractivity contribution < 1.29 is 23.9 Å². The first-order chi connectivity index (χ1) is 14.8. The maximum absolute atomic E-state index is 12.8. The molecular formula is C21H18Cl2N2O5S. The summed E-state index contributed by atoms with van der Waals surface area (Å²) in [4.78, 5) is 37.0. The Morgan fingerprint density at radius 3 is 2.61 bits per heavy atom. The van der Waals surface area contributed by atoms with Crippen LogP contribution >= 0.6 is 35.4 Å². The average Bonchev–Trinajstić information content (AvgIpc) is 3.17. The third kappa shape index (κ3) is 5.72. The van der Waals surface area contributed by atoms with Crippen LogP contribution in [-0.2, 0) is 14.4 Å². The number of hydrogen-bond acceptors (Lipinski definition) is 5. The lowest BCUT2D eigenvalue weighted by Crippen LogP contribution is -2.54. The van der Waals surface area contributed by atoms with Gasteiger partial charge in [0.25, 0.3) is 11.8 Å². The zero-order valence-corrected chi connectivity index (χ0v) is 18.5. The van der Waals surface area contributed by atoms with E-state index in [2.05, 4.69) is 5.32 Å². The Morgan fingerprint density at radius 1 is 1.13 bits per heavy atom. The van der Waals surface area contributed by atoms with Crippen molar-refractivity contribution in [3.8, 4) is 11.3 Å². The Bertz CT molecular complexity index is 1080. The number of thiocarbonyl (C=S) groups is 1. The molecule has 1 aromatic heterocycles. The number of furan rings is 1. The predicted molar refractivity (Wildman–Crippen MR) is 121 cm³/mol. The van der Waals surface area contributed by atoms with E-state index < -0.39 is 17.8 Å². The van der Waals surface area contributed by atoms with E-state index in [0.717, 1.165) is 0 Å². The topological polar surface area (TPSA) is 99.8 Å². The standard InChI is InChI=1S/C21H18Cl2N2O5S/c22-15-7-5-12(10-16(15)23)17-8-6-13(30-17)11-14-19(28)24-21(31)25(20(14)29)9-3-1-2-4-18(26)27/h5-8,10-11H,1-4,9H2,(H,26,27)(H,24,28,31). The van der Waals surface area contributed by atoms with Crippen LogP contribution < -0.4 is 5.32 Å². The minimum Gasteiger partial charge on any atom is -0.481 e. The third-order valence-corrected chi connectivity index (χ3v) is 5.64. The second-order valence-electron chi connectivity index (χ2n) is 6.81. The Labute approximate surface area is 193 Å². The molecule has 31 heavy (non-hydrogen) atoms. The summed E-state index contributed by atoms with van der Waals surface area (Å²) in [7, 11) is 0. The van der Waals surface area contributed by atoms with Crippen molar-refractivity contribution in [3.63, 3.8) is 0 Å². The molecule has 3 rings (SSSR count). The molecule has 1 aromatic carbocycles. The van der Waals surface area contributed by atoms with E-state index in [1.807, 2.05) is 0 Å². The fraction of sp³-hybridized carbons (Fsp3) is 0.238. The van der Waals surface area contributed by atoms with E-state index in [-0.39, 0.29) is 23.7 Å². The van der Waals surface area contributed by atoms with E-state index in [9.17, 15) is 14.4 Å². The van der Waals surface area contributed by atoms with Crippen LogP contribution in [-0.4, -0.2) is 39.4 Å². The summed E-state index contributed by atoms with van der Waals surface area (Å²) in [5.74, 6) is -1.18. The highest BCUT2D eigenvalue weighted by atomic mass is 35.5. The number of carboxylic acid groups (broad SMARTS) is 1. The molecule has 0 saturated carbocycles. The van der Waals surface area contributed by atoms with Gasteiger partial charge in [-0.3, -0.25) is 24.6 Å². The Kier molecular flexibility index (Phi) is 7.48. The molecule has 10 heteroatoms. The van der Waals surface area contributed by atoms with Crippen LogP contribution in [0.3, 0.4) is 0 Å². The highest BCUT2D eigenvalue weighted by Gasteiger charge is 2.33. The minimum atomic E-state index is -0.860. The lowest BCUT2D eigenvalue weighted by molar-refractivity contribution is -0.137. The van der Waals surface area contributed by atoms with E-state index >= 15 is 0 Å². The summed E-state index contributed by atoms with van der Waals surface area (Å²) in [5.41, 5.74) is 0.594. The molecular weight excluding hydrogens is 463 g/mol. The van der Waals surface area contributed by atoms with Crippen LogP contribution in [0.1, 0.15) is 31.4 Å². The molecule has 2 amide bonds. The molecule has 0 spiro atoms. The third-order valence-electron chi connectivity index (χ3n) is 4.58. The fourth-order valence-corrected chi connectivity index (χ4v) is 3.56. The molecule has 0 aliphatic carbocycles. The lowest BCUT2D eigenvalue weighted by atomic mass is 10.1. The number of carboxylic acids is 1. The van der Waals surface area contributed by atoms with Gasteiger partial charge in [-0.25, -0.2) is 0 Å². The van der Waals surface area contributed by atoms with Gasteiger partial charge in [-0.2, -0.15) is 0 Å². The molecule has 1 aliphatic rings. The van der Waals surface area contributed by atoms with Crippen LogP contribution in [0, 0.1) is 0 Å². The highest BCUT2D eigenvalue weighted by Crippen LogP contribution is 2.30. The smallest absolute Gasteiger partial charge is 0.303 e. The van der Waals surface area contributed by atoms with E-state index in [4.69, 9.17) is 44.9 Å². The molecule has 2 heterocycles. The number of rotatable bonds is 8. The quantitative estimate of drug-likeness (QED) is 0.249. The van der Waals surface area contributed by atoms with Gasteiger partial charge in [0, 0.05) is 18.5 Å². The Balaban J connectivity index is 1.73. The number of unbranched alkanes of at least 4 members (excludes halogenated alkanes) is 2. The van der Waals surface area contributed by atoms with Crippen molar-refractivity contribution in [1.29, 1.82) is 0 Å². The summed E-state index contributed by atoms with van der Waals surface area (Å²) in [6.45, 7) is 0.279. The normalized spacial score (nSPS) is 15.5.